The first-order valence-electron chi connectivity index (χ1n) is 7.66. The summed E-state index contributed by atoms with van der Waals surface area (Å²) in [5.74, 6) is -0.119. The predicted octanol–water partition coefficient (Wildman–Crippen LogP) is 1.10. The molecule has 0 aromatic carbocycles. The van der Waals surface area contributed by atoms with Crippen LogP contribution in [0.5, 0.6) is 0 Å². The van der Waals surface area contributed by atoms with Crippen molar-refractivity contribution in [3.63, 3.8) is 0 Å². The van der Waals surface area contributed by atoms with E-state index in [1.165, 1.54) is 6.08 Å². The first kappa shape index (κ1) is 16.6. The zero-order valence-electron chi connectivity index (χ0n) is 13.4. The van der Waals surface area contributed by atoms with Gasteiger partial charge in [-0.3, -0.25) is 19.7 Å². The molecular weight excluding hydrogens is 280 g/mol. The van der Waals surface area contributed by atoms with Gasteiger partial charge in [0, 0.05) is 44.1 Å². The summed E-state index contributed by atoms with van der Waals surface area (Å²) < 4.78 is 5.73. The third kappa shape index (κ3) is 5.20. The molecule has 0 aliphatic carbocycles. The summed E-state index contributed by atoms with van der Waals surface area (Å²) >= 11 is 0. The summed E-state index contributed by atoms with van der Waals surface area (Å²) in [5, 5.41) is 2.92. The zero-order valence-corrected chi connectivity index (χ0v) is 13.4. The van der Waals surface area contributed by atoms with Crippen LogP contribution in [0.15, 0.2) is 24.7 Å². The van der Waals surface area contributed by atoms with E-state index < -0.39 is 0 Å². The van der Waals surface area contributed by atoms with Crippen molar-refractivity contribution in [2.24, 2.45) is 0 Å². The molecule has 6 heteroatoms. The van der Waals surface area contributed by atoms with Gasteiger partial charge in [0.25, 0.3) is 0 Å². The van der Waals surface area contributed by atoms with Crippen LogP contribution in [0, 0.1) is 0 Å². The number of hydrogen-bond acceptors (Lipinski definition) is 5. The van der Waals surface area contributed by atoms with Gasteiger partial charge in [-0.25, -0.2) is 0 Å². The lowest BCUT2D eigenvalue weighted by Gasteiger charge is -2.38. The van der Waals surface area contributed by atoms with E-state index >= 15 is 0 Å². The molecule has 120 valence electrons. The highest BCUT2D eigenvalue weighted by molar-refractivity contribution is 5.91. The van der Waals surface area contributed by atoms with Gasteiger partial charge in [0.05, 0.1) is 24.1 Å². The standard InChI is InChI=1S/C16H24N4O2/c1-12(20-10-13(2)22-14(3)11-20)8-19-16(21)5-4-15-9-17-6-7-18-15/h4-7,9,12-14H,8,10-11H2,1-3H3,(H,19,21)/b5-4+. The molecule has 1 aromatic heterocycles. The van der Waals surface area contributed by atoms with Crippen LogP contribution in [0.2, 0.25) is 0 Å². The Bertz CT molecular complexity index is 496. The number of rotatable bonds is 5. The Hall–Kier alpha value is -1.79. The highest BCUT2D eigenvalue weighted by Gasteiger charge is 2.25. The topological polar surface area (TPSA) is 67.4 Å². The maximum atomic E-state index is 11.8. The third-order valence-corrected chi connectivity index (χ3v) is 3.63. The van der Waals surface area contributed by atoms with Gasteiger partial charge in [-0.15, -0.1) is 0 Å². The number of amides is 1. The third-order valence-electron chi connectivity index (χ3n) is 3.63. The largest absolute Gasteiger partial charge is 0.373 e. The molecule has 1 amide bonds. The van der Waals surface area contributed by atoms with Crippen molar-refractivity contribution >= 4 is 12.0 Å². The molecule has 1 aromatic rings. The van der Waals surface area contributed by atoms with Gasteiger partial charge in [-0.05, 0) is 26.8 Å². The minimum absolute atomic E-state index is 0.119. The summed E-state index contributed by atoms with van der Waals surface area (Å²) in [6.45, 7) is 8.70. The lowest BCUT2D eigenvalue weighted by atomic mass is 10.1. The number of nitrogens with one attached hydrogen (secondary N) is 1. The van der Waals surface area contributed by atoms with E-state index in [1.54, 1.807) is 24.7 Å². The molecule has 3 unspecified atom stereocenters. The molecule has 6 nitrogen and oxygen atoms in total. The van der Waals surface area contributed by atoms with Gasteiger partial charge in [0.1, 0.15) is 0 Å². The van der Waals surface area contributed by atoms with Crippen LogP contribution in [0.1, 0.15) is 26.5 Å². The van der Waals surface area contributed by atoms with E-state index in [9.17, 15) is 4.79 Å². The smallest absolute Gasteiger partial charge is 0.244 e. The molecule has 1 saturated heterocycles. The lowest BCUT2D eigenvalue weighted by Crippen LogP contribution is -2.52. The predicted molar refractivity (Wildman–Crippen MR) is 85.1 cm³/mol. The van der Waals surface area contributed by atoms with Gasteiger partial charge >= 0.3 is 0 Å². The van der Waals surface area contributed by atoms with Crippen molar-refractivity contribution in [3.8, 4) is 0 Å². The summed E-state index contributed by atoms with van der Waals surface area (Å²) in [6.07, 6.45) is 8.43. The highest BCUT2D eigenvalue weighted by atomic mass is 16.5. The second kappa shape index (κ2) is 8.00. The monoisotopic (exact) mass is 304 g/mol. The van der Waals surface area contributed by atoms with E-state index in [0.717, 1.165) is 13.1 Å². The minimum Gasteiger partial charge on any atom is -0.373 e. The lowest BCUT2D eigenvalue weighted by molar-refractivity contribution is -0.117. The SMILES string of the molecule is CC1CN(C(C)CNC(=O)/C=C/c2cnccn2)CC(C)O1. The van der Waals surface area contributed by atoms with E-state index in [-0.39, 0.29) is 24.2 Å². The Morgan fingerprint density at radius 2 is 2.18 bits per heavy atom. The number of ether oxygens (including phenoxy) is 1. The fourth-order valence-electron chi connectivity index (χ4n) is 2.57. The molecule has 2 rings (SSSR count). The van der Waals surface area contributed by atoms with Gasteiger partial charge in [-0.2, -0.15) is 0 Å². The maximum absolute atomic E-state index is 11.8. The Morgan fingerprint density at radius 3 is 2.82 bits per heavy atom. The molecule has 1 fully saturated rings. The Morgan fingerprint density at radius 1 is 1.45 bits per heavy atom. The number of hydrogen-bond donors (Lipinski definition) is 1. The van der Waals surface area contributed by atoms with E-state index in [2.05, 4.69) is 41.0 Å². The fraction of sp³-hybridized carbons (Fsp3) is 0.562. The van der Waals surface area contributed by atoms with Gasteiger partial charge < -0.3 is 10.1 Å². The van der Waals surface area contributed by atoms with Crippen molar-refractivity contribution in [1.29, 1.82) is 0 Å². The van der Waals surface area contributed by atoms with Crippen molar-refractivity contribution < 1.29 is 9.53 Å². The molecule has 1 aliphatic heterocycles. The molecule has 0 radical (unpaired) electrons. The molecule has 0 saturated carbocycles. The number of aromatic nitrogens is 2. The molecule has 3 atom stereocenters. The summed E-state index contributed by atoms with van der Waals surface area (Å²) in [4.78, 5) is 22.2. The second-order valence-electron chi connectivity index (χ2n) is 5.77. The van der Waals surface area contributed by atoms with Crippen molar-refractivity contribution in [2.45, 2.75) is 39.0 Å². The first-order valence-corrected chi connectivity index (χ1v) is 7.66. The quantitative estimate of drug-likeness (QED) is 0.825. The van der Waals surface area contributed by atoms with Gasteiger partial charge in [0.2, 0.25) is 5.91 Å². The Balaban J connectivity index is 1.77. The minimum atomic E-state index is -0.119. The molecule has 0 spiro atoms. The maximum Gasteiger partial charge on any atom is 0.244 e. The molecule has 1 aliphatic rings. The highest BCUT2D eigenvalue weighted by Crippen LogP contribution is 2.13. The van der Waals surface area contributed by atoms with Crippen LogP contribution in [0.3, 0.4) is 0 Å². The first-order chi connectivity index (χ1) is 10.5. The second-order valence-corrected chi connectivity index (χ2v) is 5.77. The average molecular weight is 304 g/mol. The van der Waals surface area contributed by atoms with Gasteiger partial charge in [0.15, 0.2) is 0 Å². The Labute approximate surface area is 131 Å². The van der Waals surface area contributed by atoms with Crippen LogP contribution in [0.25, 0.3) is 6.08 Å². The van der Waals surface area contributed by atoms with E-state index in [0.29, 0.717) is 12.2 Å². The Kier molecular flexibility index (Phi) is 6.03. The number of morpholine rings is 1. The van der Waals surface area contributed by atoms with Crippen LogP contribution in [-0.2, 0) is 9.53 Å². The van der Waals surface area contributed by atoms with Gasteiger partial charge in [-0.1, -0.05) is 0 Å². The van der Waals surface area contributed by atoms with Crippen molar-refractivity contribution in [3.05, 3.63) is 30.4 Å². The molecule has 1 N–H and O–H groups in total. The van der Waals surface area contributed by atoms with E-state index in [1.807, 2.05) is 0 Å². The average Bonchev–Trinajstić information content (AvgIpc) is 2.50. The van der Waals surface area contributed by atoms with Crippen LogP contribution >= 0.6 is 0 Å². The molecular formula is C16H24N4O2. The normalized spacial score (nSPS) is 24.3. The van der Waals surface area contributed by atoms with Crippen LogP contribution < -0.4 is 5.32 Å². The summed E-state index contributed by atoms with van der Waals surface area (Å²) in [6, 6.07) is 0.280. The van der Waals surface area contributed by atoms with Crippen molar-refractivity contribution in [1.82, 2.24) is 20.2 Å². The molecule has 0 bridgehead atoms. The van der Waals surface area contributed by atoms with E-state index in [4.69, 9.17) is 4.74 Å². The van der Waals surface area contributed by atoms with Crippen molar-refractivity contribution in [2.75, 3.05) is 19.6 Å². The number of nitrogens with zero attached hydrogens (tertiary/aromatic N) is 3. The summed E-state index contributed by atoms with van der Waals surface area (Å²) in [5.41, 5.74) is 0.668. The number of carbonyl (C=O) groups is 1. The summed E-state index contributed by atoms with van der Waals surface area (Å²) in [7, 11) is 0. The van der Waals surface area contributed by atoms with Crippen LogP contribution in [0.4, 0.5) is 0 Å². The fourth-order valence-corrected chi connectivity index (χ4v) is 2.57. The molecule has 22 heavy (non-hydrogen) atoms. The zero-order chi connectivity index (χ0) is 15.9. The number of carbonyl (C=O) groups excluding carboxylic acids is 1. The molecule has 2 heterocycles. The van der Waals surface area contributed by atoms with Crippen LogP contribution in [-0.4, -0.2) is 58.7 Å².